The van der Waals surface area contributed by atoms with Crippen LogP contribution >= 0.6 is 0 Å². The van der Waals surface area contributed by atoms with Crippen molar-refractivity contribution in [1.29, 1.82) is 0 Å². The molecule has 1 nitrogen and oxygen atoms in total. The predicted octanol–water partition coefficient (Wildman–Crippen LogP) is 21.8. The van der Waals surface area contributed by atoms with Gasteiger partial charge in [-0.2, -0.15) is 0 Å². The first-order chi connectivity index (χ1) is 37.9. The van der Waals surface area contributed by atoms with Crippen molar-refractivity contribution in [3.63, 3.8) is 0 Å². The van der Waals surface area contributed by atoms with Crippen LogP contribution in [-0.4, -0.2) is 0 Å². The molecule has 1 aliphatic rings. The summed E-state index contributed by atoms with van der Waals surface area (Å²) in [4.78, 5) is 2.41. The predicted molar refractivity (Wildman–Crippen MR) is 333 cm³/mol. The molecule has 0 bridgehead atoms. The molecule has 0 saturated heterocycles. The van der Waals surface area contributed by atoms with Crippen LogP contribution in [0.5, 0.6) is 0 Å². The molecule has 0 aliphatic heterocycles. The molecule has 13 rings (SSSR count). The molecule has 77 heavy (non-hydrogen) atoms. The maximum Gasteiger partial charge on any atom is 0.0465 e. The van der Waals surface area contributed by atoms with Crippen LogP contribution in [0, 0.1) is 5.92 Å². The third kappa shape index (κ3) is 7.99. The van der Waals surface area contributed by atoms with Crippen molar-refractivity contribution in [1.82, 2.24) is 0 Å². The van der Waals surface area contributed by atoms with Gasteiger partial charge < -0.3 is 4.90 Å². The standard InChI is InChI=1S/C76H63N/c1-6-76(7-2)70-48-58(77(56-30-16-10-17-31-56)57-32-18-11-19-33-57)43-45-66(70)73-67(51(5)50(3)4)46-52(47-71(73)76)40-41-54-42-44-63(60-35-21-20-34-59(54)60)69-49-68(53-26-12-8-13-27-53)74-64-38-24-22-36-61(64)62-37-23-25-39-65(62)75(74)72(69)55-28-14-9-15-29-55/h8-51H,6-7H2,1-5H3. The monoisotopic (exact) mass is 989 g/mol. The van der Waals surface area contributed by atoms with Crippen molar-refractivity contribution in [2.24, 2.45) is 5.92 Å². The molecule has 0 heterocycles. The van der Waals surface area contributed by atoms with Crippen LogP contribution in [-0.2, 0) is 5.41 Å². The first-order valence-electron chi connectivity index (χ1n) is 27.8. The number of para-hydroxylation sites is 2. The van der Waals surface area contributed by atoms with Gasteiger partial charge in [-0.05, 0) is 183 Å². The maximum atomic E-state index is 2.54. The second-order valence-corrected chi connectivity index (χ2v) is 21.6. The summed E-state index contributed by atoms with van der Waals surface area (Å²) in [6, 6.07) is 90.4. The van der Waals surface area contributed by atoms with E-state index in [4.69, 9.17) is 0 Å². The Labute approximate surface area is 454 Å². The van der Waals surface area contributed by atoms with Crippen LogP contribution in [0.4, 0.5) is 17.1 Å². The van der Waals surface area contributed by atoms with Crippen molar-refractivity contribution in [2.75, 3.05) is 4.90 Å². The molecule has 0 amide bonds. The van der Waals surface area contributed by atoms with Gasteiger partial charge in [-0.25, -0.2) is 0 Å². The zero-order valence-corrected chi connectivity index (χ0v) is 44.8. The topological polar surface area (TPSA) is 3.24 Å². The van der Waals surface area contributed by atoms with E-state index >= 15 is 0 Å². The first kappa shape index (κ1) is 47.9. The lowest BCUT2D eigenvalue weighted by Gasteiger charge is -2.32. The summed E-state index contributed by atoms with van der Waals surface area (Å²) >= 11 is 0. The second-order valence-electron chi connectivity index (χ2n) is 21.6. The van der Waals surface area contributed by atoms with Crippen LogP contribution in [0.2, 0.25) is 0 Å². The quantitative estimate of drug-likeness (QED) is 0.0871. The largest absolute Gasteiger partial charge is 0.310 e. The second kappa shape index (κ2) is 19.7. The van der Waals surface area contributed by atoms with E-state index in [2.05, 4.69) is 294 Å². The highest BCUT2D eigenvalue weighted by molar-refractivity contribution is 6.33. The maximum absolute atomic E-state index is 2.54. The first-order valence-corrected chi connectivity index (χ1v) is 27.8. The summed E-state index contributed by atoms with van der Waals surface area (Å²) in [5, 5.41) is 10.1. The molecule has 1 aliphatic carbocycles. The molecule has 0 radical (unpaired) electrons. The number of fused-ring (bicyclic) bond motifs is 10. The van der Waals surface area contributed by atoms with E-state index in [1.807, 2.05) is 0 Å². The number of hydrogen-bond acceptors (Lipinski definition) is 1. The number of rotatable bonds is 12. The minimum absolute atomic E-state index is 0.143. The van der Waals surface area contributed by atoms with Gasteiger partial charge in [0.25, 0.3) is 0 Å². The van der Waals surface area contributed by atoms with Crippen LogP contribution in [0.25, 0.3) is 99.7 Å². The Morgan fingerprint density at radius 3 is 1.49 bits per heavy atom. The van der Waals surface area contributed by atoms with Crippen molar-refractivity contribution in [3.05, 3.63) is 270 Å². The van der Waals surface area contributed by atoms with Crippen molar-refractivity contribution in [3.8, 4) is 44.5 Å². The minimum Gasteiger partial charge on any atom is -0.310 e. The van der Waals surface area contributed by atoms with E-state index in [-0.39, 0.29) is 5.41 Å². The molecule has 0 aromatic heterocycles. The van der Waals surface area contributed by atoms with Gasteiger partial charge >= 0.3 is 0 Å². The van der Waals surface area contributed by atoms with Crippen molar-refractivity contribution < 1.29 is 0 Å². The summed E-state index contributed by atoms with van der Waals surface area (Å²) in [5.41, 5.74) is 20.4. The van der Waals surface area contributed by atoms with Gasteiger partial charge in [-0.1, -0.05) is 247 Å². The summed E-state index contributed by atoms with van der Waals surface area (Å²) in [6.07, 6.45) is 6.79. The van der Waals surface area contributed by atoms with E-state index in [0.717, 1.165) is 24.2 Å². The summed E-state index contributed by atoms with van der Waals surface area (Å²) in [6.45, 7) is 12.0. The Morgan fingerprint density at radius 1 is 0.377 bits per heavy atom. The van der Waals surface area contributed by atoms with E-state index in [1.54, 1.807) is 0 Å². The highest BCUT2D eigenvalue weighted by Gasteiger charge is 2.43. The normalized spacial score (nSPS) is 13.2. The number of anilines is 3. The Morgan fingerprint density at radius 2 is 0.896 bits per heavy atom. The number of nitrogens with zero attached hydrogens (tertiary/aromatic N) is 1. The Kier molecular flexibility index (Phi) is 12.3. The molecule has 0 N–H and O–H groups in total. The fourth-order valence-electron chi connectivity index (χ4n) is 13.2. The smallest absolute Gasteiger partial charge is 0.0465 e. The van der Waals surface area contributed by atoms with Crippen LogP contribution in [0.15, 0.2) is 243 Å². The van der Waals surface area contributed by atoms with Gasteiger partial charge in [-0.3, -0.25) is 0 Å². The molecule has 12 aromatic carbocycles. The molecule has 1 atom stereocenters. The molecule has 12 aromatic rings. The van der Waals surface area contributed by atoms with E-state index in [0.29, 0.717) is 11.8 Å². The molecule has 0 saturated carbocycles. The average molecular weight is 990 g/mol. The molecule has 1 unspecified atom stereocenters. The Bertz CT molecular complexity index is 4160. The van der Waals surface area contributed by atoms with Crippen molar-refractivity contribution >= 4 is 72.3 Å². The number of hydrogen-bond donors (Lipinski definition) is 0. The lowest BCUT2D eigenvalue weighted by atomic mass is 9.72. The van der Waals surface area contributed by atoms with E-state index in [9.17, 15) is 0 Å². The Hall–Kier alpha value is -8.78. The zero-order chi connectivity index (χ0) is 52.2. The van der Waals surface area contributed by atoms with Gasteiger partial charge in [0.2, 0.25) is 0 Å². The van der Waals surface area contributed by atoms with Gasteiger partial charge in [0, 0.05) is 22.5 Å². The van der Waals surface area contributed by atoms with Crippen LogP contribution in [0.1, 0.15) is 81.2 Å². The summed E-state index contributed by atoms with van der Waals surface area (Å²) in [5.74, 6) is 0.827. The molecule has 0 fully saturated rings. The zero-order valence-electron chi connectivity index (χ0n) is 44.8. The third-order valence-electron chi connectivity index (χ3n) is 17.3. The fourth-order valence-corrected chi connectivity index (χ4v) is 13.2. The lowest BCUT2D eigenvalue weighted by molar-refractivity contribution is 0.489. The molecular formula is C76H63N. The highest BCUT2D eigenvalue weighted by atomic mass is 15.1. The minimum atomic E-state index is -0.143. The highest BCUT2D eigenvalue weighted by Crippen LogP contribution is 2.57. The summed E-state index contributed by atoms with van der Waals surface area (Å²) in [7, 11) is 0. The number of benzene rings is 12. The molecular weight excluding hydrogens is 927 g/mol. The van der Waals surface area contributed by atoms with Crippen LogP contribution in [0.3, 0.4) is 0 Å². The van der Waals surface area contributed by atoms with Crippen molar-refractivity contribution in [2.45, 2.75) is 58.8 Å². The van der Waals surface area contributed by atoms with Gasteiger partial charge in [0.05, 0.1) is 0 Å². The average Bonchev–Trinajstić information content (AvgIpc) is 3.83. The van der Waals surface area contributed by atoms with Gasteiger partial charge in [-0.15, -0.1) is 0 Å². The van der Waals surface area contributed by atoms with Gasteiger partial charge in [0.15, 0.2) is 0 Å². The summed E-state index contributed by atoms with van der Waals surface area (Å²) < 4.78 is 0. The third-order valence-corrected chi connectivity index (χ3v) is 17.3. The molecule has 1 heteroatoms. The van der Waals surface area contributed by atoms with E-state index in [1.165, 1.54) is 121 Å². The SMILES string of the molecule is CCC1(CC)c2cc(N(c3ccccc3)c3ccccc3)ccc2-c2c(C(C)C(C)C)cc(C=Cc3ccc(-c4cc(-c5ccccc5)c5c6ccccc6c6ccccc6c5c4-c4ccccc4)c4ccccc34)cc21. The van der Waals surface area contributed by atoms with Crippen LogP contribution < -0.4 is 4.90 Å². The van der Waals surface area contributed by atoms with Gasteiger partial charge in [0.1, 0.15) is 0 Å². The van der Waals surface area contributed by atoms with E-state index < -0.39 is 0 Å². The fraction of sp³-hybridized carbons (Fsp3) is 0.132. The molecule has 372 valence electrons. The Balaban J connectivity index is 0.988. The molecule has 0 spiro atoms. The lowest BCUT2D eigenvalue weighted by Crippen LogP contribution is -2.24.